The summed E-state index contributed by atoms with van der Waals surface area (Å²) in [6, 6.07) is 7.99. The fourth-order valence-corrected chi connectivity index (χ4v) is 2.53. The molecule has 1 heterocycles. The Morgan fingerprint density at radius 2 is 2.05 bits per heavy atom. The zero-order valence-electron chi connectivity index (χ0n) is 11.2. The van der Waals surface area contributed by atoms with Crippen molar-refractivity contribution in [1.82, 2.24) is 9.80 Å². The lowest BCUT2D eigenvalue weighted by atomic mass is 10.2. The molecule has 19 heavy (non-hydrogen) atoms. The number of hydrogen-bond donors (Lipinski definition) is 1. The van der Waals surface area contributed by atoms with E-state index in [1.54, 1.807) is 0 Å². The molecule has 1 saturated heterocycles. The maximum atomic E-state index is 12.0. The molecule has 0 aromatic heterocycles. The van der Waals surface area contributed by atoms with Gasteiger partial charge in [-0.25, -0.2) is 0 Å². The second-order valence-corrected chi connectivity index (χ2v) is 5.79. The third kappa shape index (κ3) is 4.51. The highest BCUT2D eigenvalue weighted by Gasteiger charge is 2.18. The van der Waals surface area contributed by atoms with E-state index in [-0.39, 0.29) is 5.91 Å². The second kappa shape index (κ2) is 6.91. The minimum atomic E-state index is 0.246. The molecule has 0 bridgehead atoms. The van der Waals surface area contributed by atoms with Crippen molar-refractivity contribution < 1.29 is 4.79 Å². The van der Waals surface area contributed by atoms with Crippen LogP contribution in [0.25, 0.3) is 0 Å². The van der Waals surface area contributed by atoms with Gasteiger partial charge < -0.3 is 15.1 Å². The molecule has 2 rings (SSSR count). The van der Waals surface area contributed by atoms with Crippen LogP contribution in [0.5, 0.6) is 0 Å². The Morgan fingerprint density at radius 3 is 2.74 bits per heavy atom. The molecule has 1 aromatic rings. The summed E-state index contributed by atoms with van der Waals surface area (Å²) >= 11 is 3.43. The van der Waals surface area contributed by atoms with Crippen molar-refractivity contribution in [3.05, 3.63) is 28.7 Å². The molecule has 104 valence electrons. The Bertz CT molecular complexity index is 430. The highest BCUT2D eigenvalue weighted by Crippen LogP contribution is 2.15. The number of nitrogens with one attached hydrogen (secondary N) is 1. The summed E-state index contributed by atoms with van der Waals surface area (Å²) < 4.78 is 1.04. The van der Waals surface area contributed by atoms with Crippen LogP contribution in [-0.2, 0) is 4.79 Å². The molecular weight excluding hydrogens is 306 g/mol. The smallest absolute Gasteiger partial charge is 0.224 e. The van der Waals surface area contributed by atoms with Crippen molar-refractivity contribution >= 4 is 27.5 Å². The number of amides is 1. The number of rotatable bonds is 4. The van der Waals surface area contributed by atoms with E-state index in [0.29, 0.717) is 13.0 Å². The first-order valence-electron chi connectivity index (χ1n) is 6.61. The van der Waals surface area contributed by atoms with Gasteiger partial charge in [-0.3, -0.25) is 4.79 Å². The van der Waals surface area contributed by atoms with Crippen LogP contribution in [0.1, 0.15) is 6.42 Å². The number of anilines is 1. The molecule has 5 heteroatoms. The molecule has 0 spiro atoms. The van der Waals surface area contributed by atoms with Gasteiger partial charge in [-0.1, -0.05) is 22.0 Å². The lowest BCUT2D eigenvalue weighted by Gasteiger charge is -2.32. The van der Waals surface area contributed by atoms with Crippen LogP contribution in [0.4, 0.5) is 5.69 Å². The third-order valence-corrected chi connectivity index (χ3v) is 3.84. The number of likely N-dealkylation sites (N-methyl/N-ethyl adjacent to an activating group) is 1. The Balaban J connectivity index is 1.72. The quantitative estimate of drug-likeness (QED) is 0.920. The predicted octanol–water partition coefficient (Wildman–Crippen LogP) is 2.03. The standard InChI is InChI=1S/C14H20BrN3O/c1-17-7-9-18(10-8-17)14(19)5-6-16-13-4-2-3-12(15)11-13/h2-4,11,16H,5-10H2,1H3. The number of hydrogen-bond acceptors (Lipinski definition) is 3. The maximum Gasteiger partial charge on any atom is 0.224 e. The van der Waals surface area contributed by atoms with Crippen LogP contribution >= 0.6 is 15.9 Å². The Morgan fingerprint density at radius 1 is 1.32 bits per heavy atom. The molecule has 0 radical (unpaired) electrons. The van der Waals surface area contributed by atoms with Crippen molar-refractivity contribution in [3.63, 3.8) is 0 Å². The summed E-state index contributed by atoms with van der Waals surface area (Å²) in [5.41, 5.74) is 1.04. The first kappa shape index (κ1) is 14.3. The van der Waals surface area contributed by atoms with Crippen LogP contribution in [0.2, 0.25) is 0 Å². The minimum absolute atomic E-state index is 0.246. The molecule has 1 aromatic carbocycles. The van der Waals surface area contributed by atoms with E-state index in [2.05, 4.69) is 33.2 Å². The Labute approximate surface area is 122 Å². The average Bonchev–Trinajstić information content (AvgIpc) is 2.39. The Hall–Kier alpha value is -1.07. The van der Waals surface area contributed by atoms with Gasteiger partial charge in [-0.15, -0.1) is 0 Å². The summed E-state index contributed by atoms with van der Waals surface area (Å²) in [5.74, 6) is 0.246. The van der Waals surface area contributed by atoms with Crippen LogP contribution in [-0.4, -0.2) is 55.5 Å². The van der Waals surface area contributed by atoms with E-state index in [9.17, 15) is 4.79 Å². The van der Waals surface area contributed by atoms with Crippen LogP contribution < -0.4 is 5.32 Å². The van der Waals surface area contributed by atoms with Crippen molar-refractivity contribution in [2.24, 2.45) is 0 Å². The first-order chi connectivity index (χ1) is 9.15. The van der Waals surface area contributed by atoms with E-state index < -0.39 is 0 Å². The molecule has 1 amide bonds. The van der Waals surface area contributed by atoms with Gasteiger partial charge in [0.15, 0.2) is 0 Å². The van der Waals surface area contributed by atoms with Crippen LogP contribution in [0, 0.1) is 0 Å². The van der Waals surface area contributed by atoms with Crippen molar-refractivity contribution in [2.45, 2.75) is 6.42 Å². The molecule has 1 aliphatic rings. The molecule has 1 fully saturated rings. The highest BCUT2D eigenvalue weighted by atomic mass is 79.9. The molecule has 1 N–H and O–H groups in total. The number of carbonyl (C=O) groups is 1. The second-order valence-electron chi connectivity index (χ2n) is 4.87. The summed E-state index contributed by atoms with van der Waals surface area (Å²) in [4.78, 5) is 16.2. The highest BCUT2D eigenvalue weighted by molar-refractivity contribution is 9.10. The van der Waals surface area contributed by atoms with E-state index in [4.69, 9.17) is 0 Å². The van der Waals surface area contributed by atoms with Crippen molar-refractivity contribution in [1.29, 1.82) is 0 Å². The van der Waals surface area contributed by atoms with Crippen LogP contribution in [0.3, 0.4) is 0 Å². The normalized spacial score (nSPS) is 16.4. The summed E-state index contributed by atoms with van der Waals surface area (Å²) in [5, 5.41) is 3.28. The van der Waals surface area contributed by atoms with Gasteiger partial charge in [0.05, 0.1) is 0 Å². The topological polar surface area (TPSA) is 35.6 Å². The molecule has 0 unspecified atom stereocenters. The lowest BCUT2D eigenvalue weighted by molar-refractivity contribution is -0.132. The van der Waals surface area contributed by atoms with E-state index in [1.807, 2.05) is 29.2 Å². The minimum Gasteiger partial charge on any atom is -0.384 e. The lowest BCUT2D eigenvalue weighted by Crippen LogP contribution is -2.47. The average molecular weight is 326 g/mol. The molecule has 1 aliphatic heterocycles. The van der Waals surface area contributed by atoms with Gasteiger partial charge in [-0.2, -0.15) is 0 Å². The van der Waals surface area contributed by atoms with Gasteiger partial charge in [-0.05, 0) is 25.2 Å². The van der Waals surface area contributed by atoms with Crippen molar-refractivity contribution in [3.8, 4) is 0 Å². The van der Waals surface area contributed by atoms with E-state index >= 15 is 0 Å². The predicted molar refractivity (Wildman–Crippen MR) is 81.3 cm³/mol. The zero-order chi connectivity index (χ0) is 13.7. The molecule has 0 aliphatic carbocycles. The van der Waals surface area contributed by atoms with Crippen LogP contribution in [0.15, 0.2) is 28.7 Å². The number of halogens is 1. The monoisotopic (exact) mass is 325 g/mol. The molecular formula is C14H20BrN3O. The van der Waals surface area contributed by atoms with Gasteiger partial charge >= 0.3 is 0 Å². The summed E-state index contributed by atoms with van der Waals surface area (Å²) in [6.45, 7) is 4.34. The summed E-state index contributed by atoms with van der Waals surface area (Å²) in [6.07, 6.45) is 0.552. The molecule has 0 atom stereocenters. The van der Waals surface area contributed by atoms with Gasteiger partial charge in [0, 0.05) is 49.3 Å². The largest absolute Gasteiger partial charge is 0.384 e. The SMILES string of the molecule is CN1CCN(C(=O)CCNc2cccc(Br)c2)CC1. The Kier molecular flexibility index (Phi) is 5.22. The van der Waals surface area contributed by atoms with E-state index in [1.165, 1.54) is 0 Å². The third-order valence-electron chi connectivity index (χ3n) is 3.35. The van der Waals surface area contributed by atoms with Gasteiger partial charge in [0.25, 0.3) is 0 Å². The van der Waals surface area contributed by atoms with Gasteiger partial charge in [0.2, 0.25) is 5.91 Å². The van der Waals surface area contributed by atoms with E-state index in [0.717, 1.165) is 36.3 Å². The zero-order valence-corrected chi connectivity index (χ0v) is 12.8. The maximum absolute atomic E-state index is 12.0. The molecule has 0 saturated carbocycles. The van der Waals surface area contributed by atoms with Gasteiger partial charge in [0.1, 0.15) is 0 Å². The van der Waals surface area contributed by atoms with Crippen molar-refractivity contribution in [2.75, 3.05) is 45.1 Å². The number of benzene rings is 1. The first-order valence-corrected chi connectivity index (χ1v) is 7.40. The number of carbonyl (C=O) groups excluding carboxylic acids is 1. The fraction of sp³-hybridized carbons (Fsp3) is 0.500. The molecule has 4 nitrogen and oxygen atoms in total. The fourth-order valence-electron chi connectivity index (χ4n) is 2.13. The summed E-state index contributed by atoms with van der Waals surface area (Å²) in [7, 11) is 2.09. The number of piperazine rings is 1. The number of nitrogens with zero attached hydrogens (tertiary/aromatic N) is 2.